The van der Waals surface area contributed by atoms with Crippen LogP contribution in [-0.2, 0) is 0 Å². The zero-order chi connectivity index (χ0) is 13.0. The highest BCUT2D eigenvalue weighted by Gasteiger charge is 2.13. The highest BCUT2D eigenvalue weighted by Crippen LogP contribution is 2.29. The van der Waals surface area contributed by atoms with Gasteiger partial charge in [0, 0.05) is 19.1 Å². The van der Waals surface area contributed by atoms with Crippen LogP contribution in [0.3, 0.4) is 0 Å². The molecule has 3 heteroatoms. The van der Waals surface area contributed by atoms with Gasteiger partial charge in [-0.2, -0.15) is 0 Å². The van der Waals surface area contributed by atoms with Crippen molar-refractivity contribution in [3.63, 3.8) is 0 Å². The SMILES string of the molecule is CCCC(C)N(C)c1ccc(C(C)N)cc1Cl. The molecule has 96 valence electrons. The minimum absolute atomic E-state index is 0.0277. The second kappa shape index (κ2) is 6.27. The van der Waals surface area contributed by atoms with Gasteiger partial charge >= 0.3 is 0 Å². The molecule has 0 amide bonds. The molecule has 0 aliphatic carbocycles. The Morgan fingerprint density at radius 2 is 2.00 bits per heavy atom. The summed E-state index contributed by atoms with van der Waals surface area (Å²) in [7, 11) is 2.09. The molecular formula is C14H23ClN2. The average molecular weight is 255 g/mol. The molecule has 0 aliphatic rings. The van der Waals surface area contributed by atoms with Crippen molar-refractivity contribution < 1.29 is 0 Å². The van der Waals surface area contributed by atoms with Crippen LogP contribution in [-0.4, -0.2) is 13.1 Å². The fourth-order valence-electron chi connectivity index (χ4n) is 1.94. The van der Waals surface area contributed by atoms with Crippen LogP contribution in [0, 0.1) is 0 Å². The standard InChI is InChI=1S/C14H23ClN2/c1-5-6-10(2)17(4)14-8-7-12(11(3)16)9-13(14)15/h7-11H,5-6,16H2,1-4H3. The molecule has 2 unspecified atom stereocenters. The van der Waals surface area contributed by atoms with Gasteiger partial charge in [0.25, 0.3) is 0 Å². The molecule has 1 rings (SSSR count). The molecule has 17 heavy (non-hydrogen) atoms. The van der Waals surface area contributed by atoms with E-state index in [9.17, 15) is 0 Å². The van der Waals surface area contributed by atoms with Gasteiger partial charge in [-0.15, -0.1) is 0 Å². The van der Waals surface area contributed by atoms with Gasteiger partial charge in [-0.25, -0.2) is 0 Å². The molecule has 0 saturated carbocycles. The largest absolute Gasteiger partial charge is 0.371 e. The van der Waals surface area contributed by atoms with Gasteiger partial charge in [0.15, 0.2) is 0 Å². The first-order valence-electron chi connectivity index (χ1n) is 6.25. The first kappa shape index (κ1) is 14.3. The number of rotatable bonds is 5. The van der Waals surface area contributed by atoms with Crippen molar-refractivity contribution in [2.75, 3.05) is 11.9 Å². The molecule has 0 heterocycles. The van der Waals surface area contributed by atoms with E-state index in [0.717, 1.165) is 16.3 Å². The van der Waals surface area contributed by atoms with E-state index in [0.29, 0.717) is 6.04 Å². The molecule has 0 fully saturated rings. The van der Waals surface area contributed by atoms with E-state index in [4.69, 9.17) is 17.3 Å². The van der Waals surface area contributed by atoms with Crippen LogP contribution in [0.5, 0.6) is 0 Å². The lowest BCUT2D eigenvalue weighted by molar-refractivity contribution is 0.616. The molecule has 2 nitrogen and oxygen atoms in total. The highest BCUT2D eigenvalue weighted by molar-refractivity contribution is 6.33. The molecule has 1 aromatic rings. The van der Waals surface area contributed by atoms with Gasteiger partial charge < -0.3 is 10.6 Å². The molecule has 0 bridgehead atoms. The Labute approximate surface area is 110 Å². The van der Waals surface area contributed by atoms with E-state index in [2.05, 4.69) is 37.9 Å². The summed E-state index contributed by atoms with van der Waals surface area (Å²) in [5, 5.41) is 0.783. The maximum atomic E-state index is 6.32. The molecule has 0 aromatic heterocycles. The van der Waals surface area contributed by atoms with Crippen molar-refractivity contribution in [2.24, 2.45) is 5.73 Å². The molecule has 0 aliphatic heterocycles. The Bertz CT molecular complexity index is 363. The predicted octanol–water partition coefficient (Wildman–Crippen LogP) is 3.98. The smallest absolute Gasteiger partial charge is 0.0642 e. The van der Waals surface area contributed by atoms with E-state index in [1.807, 2.05) is 13.0 Å². The van der Waals surface area contributed by atoms with Crippen molar-refractivity contribution >= 4 is 17.3 Å². The predicted molar refractivity (Wildman–Crippen MR) is 76.8 cm³/mol. The fourth-order valence-corrected chi connectivity index (χ4v) is 2.26. The normalized spacial score (nSPS) is 14.5. The molecule has 2 N–H and O–H groups in total. The highest BCUT2D eigenvalue weighted by atomic mass is 35.5. The van der Waals surface area contributed by atoms with Crippen molar-refractivity contribution in [3.8, 4) is 0 Å². The number of hydrogen-bond acceptors (Lipinski definition) is 2. The zero-order valence-electron chi connectivity index (χ0n) is 11.2. The Kier molecular flexibility index (Phi) is 5.29. The quantitative estimate of drug-likeness (QED) is 0.861. The van der Waals surface area contributed by atoms with Gasteiger partial charge in [-0.05, 0) is 38.0 Å². The summed E-state index contributed by atoms with van der Waals surface area (Å²) in [4.78, 5) is 2.23. The van der Waals surface area contributed by atoms with Gasteiger partial charge in [0.05, 0.1) is 10.7 Å². The second-order valence-corrected chi connectivity index (χ2v) is 5.16. The number of nitrogens with zero attached hydrogens (tertiary/aromatic N) is 1. The third-order valence-corrected chi connectivity index (χ3v) is 3.55. The van der Waals surface area contributed by atoms with E-state index >= 15 is 0 Å². The van der Waals surface area contributed by atoms with Crippen molar-refractivity contribution in [1.82, 2.24) is 0 Å². The average Bonchev–Trinajstić information content (AvgIpc) is 2.28. The number of nitrogens with two attached hydrogens (primary N) is 1. The van der Waals surface area contributed by atoms with Crippen molar-refractivity contribution in [1.29, 1.82) is 0 Å². The molecular weight excluding hydrogens is 232 g/mol. The maximum Gasteiger partial charge on any atom is 0.0642 e. The number of hydrogen-bond donors (Lipinski definition) is 1. The van der Waals surface area contributed by atoms with Crippen LogP contribution >= 0.6 is 11.6 Å². The van der Waals surface area contributed by atoms with Crippen molar-refractivity contribution in [2.45, 2.75) is 45.7 Å². The zero-order valence-corrected chi connectivity index (χ0v) is 12.0. The van der Waals surface area contributed by atoms with Gasteiger partial charge in [-0.3, -0.25) is 0 Å². The number of anilines is 1. The van der Waals surface area contributed by atoms with Gasteiger partial charge in [0.2, 0.25) is 0 Å². The fraction of sp³-hybridized carbons (Fsp3) is 0.571. The van der Waals surface area contributed by atoms with Crippen LogP contribution in [0.4, 0.5) is 5.69 Å². The summed E-state index contributed by atoms with van der Waals surface area (Å²) in [6.07, 6.45) is 2.35. The Morgan fingerprint density at radius 1 is 1.35 bits per heavy atom. The summed E-state index contributed by atoms with van der Waals surface area (Å²) in [6.45, 7) is 6.39. The Hall–Kier alpha value is -0.730. The minimum Gasteiger partial charge on any atom is -0.371 e. The lowest BCUT2D eigenvalue weighted by Gasteiger charge is -2.28. The molecule has 0 saturated heterocycles. The lowest BCUT2D eigenvalue weighted by atomic mass is 10.1. The first-order chi connectivity index (χ1) is 7.97. The number of benzene rings is 1. The molecule has 2 atom stereocenters. The Morgan fingerprint density at radius 3 is 2.47 bits per heavy atom. The third kappa shape index (κ3) is 3.62. The van der Waals surface area contributed by atoms with Crippen LogP contribution in [0.2, 0.25) is 5.02 Å². The van der Waals surface area contributed by atoms with Crippen LogP contribution in [0.1, 0.15) is 45.2 Å². The summed E-state index contributed by atoms with van der Waals surface area (Å²) in [5.41, 5.74) is 8.00. The molecule has 1 aromatic carbocycles. The lowest BCUT2D eigenvalue weighted by Crippen LogP contribution is -2.28. The second-order valence-electron chi connectivity index (χ2n) is 4.75. The summed E-state index contributed by atoms with van der Waals surface area (Å²) in [5.74, 6) is 0. The van der Waals surface area contributed by atoms with Crippen LogP contribution in [0.15, 0.2) is 18.2 Å². The maximum absolute atomic E-state index is 6.32. The summed E-state index contributed by atoms with van der Waals surface area (Å²) < 4.78 is 0. The van der Waals surface area contributed by atoms with E-state index in [1.54, 1.807) is 0 Å². The van der Waals surface area contributed by atoms with E-state index in [1.165, 1.54) is 12.8 Å². The van der Waals surface area contributed by atoms with Crippen LogP contribution < -0.4 is 10.6 Å². The minimum atomic E-state index is 0.0277. The van der Waals surface area contributed by atoms with Gasteiger partial charge in [0.1, 0.15) is 0 Å². The van der Waals surface area contributed by atoms with E-state index < -0.39 is 0 Å². The Balaban J connectivity index is 2.91. The van der Waals surface area contributed by atoms with Crippen LogP contribution in [0.25, 0.3) is 0 Å². The third-order valence-electron chi connectivity index (χ3n) is 3.25. The monoisotopic (exact) mass is 254 g/mol. The molecule has 0 spiro atoms. The van der Waals surface area contributed by atoms with E-state index in [-0.39, 0.29) is 6.04 Å². The summed E-state index contributed by atoms with van der Waals surface area (Å²) >= 11 is 6.32. The van der Waals surface area contributed by atoms with Gasteiger partial charge in [-0.1, -0.05) is 31.0 Å². The molecule has 0 radical (unpaired) electrons. The van der Waals surface area contributed by atoms with Crippen molar-refractivity contribution in [3.05, 3.63) is 28.8 Å². The number of halogens is 1. The first-order valence-corrected chi connectivity index (χ1v) is 6.63. The topological polar surface area (TPSA) is 29.3 Å². The summed E-state index contributed by atoms with van der Waals surface area (Å²) in [6, 6.07) is 6.61.